The molecule has 0 aliphatic rings. The van der Waals surface area contributed by atoms with Crippen molar-refractivity contribution in [1.82, 2.24) is 4.57 Å². The van der Waals surface area contributed by atoms with E-state index >= 15 is 0 Å². The van der Waals surface area contributed by atoms with E-state index in [9.17, 15) is 0 Å². The number of hydrogen-bond acceptors (Lipinski definition) is 3. The maximum Gasteiger partial charge on any atom is 0.119 e. The Balaban J connectivity index is 1.81. The highest BCUT2D eigenvalue weighted by molar-refractivity contribution is 5.31. The summed E-state index contributed by atoms with van der Waals surface area (Å²) in [6, 6.07) is 9.80. The lowest BCUT2D eigenvalue weighted by Crippen LogP contribution is -2.09. The fourth-order valence-corrected chi connectivity index (χ4v) is 1.99. The zero-order valence-electron chi connectivity index (χ0n) is 12.1. The third kappa shape index (κ3) is 3.78. The number of nitrogens with zero attached hydrogens (tertiary/aromatic N) is 1. The molecule has 108 valence electrons. The van der Waals surface area contributed by atoms with Gasteiger partial charge in [-0.25, -0.2) is 0 Å². The number of aromatic nitrogens is 1. The number of methoxy groups -OCH3 is 1. The van der Waals surface area contributed by atoms with Gasteiger partial charge in [-0.2, -0.15) is 0 Å². The fourth-order valence-electron chi connectivity index (χ4n) is 1.99. The van der Waals surface area contributed by atoms with E-state index in [1.165, 1.54) is 5.56 Å². The van der Waals surface area contributed by atoms with Gasteiger partial charge in [-0.05, 0) is 42.3 Å². The summed E-state index contributed by atoms with van der Waals surface area (Å²) in [5.41, 5.74) is 7.18. The largest absolute Gasteiger partial charge is 0.497 e. The van der Waals surface area contributed by atoms with Crippen molar-refractivity contribution in [2.24, 2.45) is 5.73 Å². The lowest BCUT2D eigenvalue weighted by atomic mass is 10.1. The molecule has 0 radical (unpaired) electrons. The molecule has 0 bridgehead atoms. The second-order valence-electron chi connectivity index (χ2n) is 4.72. The maximum atomic E-state index is 6.00. The second-order valence-corrected chi connectivity index (χ2v) is 4.72. The van der Waals surface area contributed by atoms with Gasteiger partial charge >= 0.3 is 0 Å². The summed E-state index contributed by atoms with van der Waals surface area (Å²) in [6.07, 6.45) is 5.08. The molecule has 1 aromatic carbocycles. The summed E-state index contributed by atoms with van der Waals surface area (Å²) in [5, 5.41) is 0. The van der Waals surface area contributed by atoms with Crippen LogP contribution < -0.4 is 15.2 Å². The van der Waals surface area contributed by atoms with E-state index in [-0.39, 0.29) is 6.04 Å². The molecule has 0 aliphatic carbocycles. The minimum absolute atomic E-state index is 0.124. The van der Waals surface area contributed by atoms with Crippen molar-refractivity contribution in [3.05, 3.63) is 48.3 Å². The van der Waals surface area contributed by atoms with Crippen LogP contribution in [0.1, 0.15) is 24.9 Å². The van der Waals surface area contributed by atoms with E-state index in [0.717, 1.165) is 24.5 Å². The average molecular weight is 274 g/mol. The molecule has 2 aromatic rings. The molecule has 0 fully saturated rings. The van der Waals surface area contributed by atoms with Crippen LogP contribution in [0.25, 0.3) is 0 Å². The van der Waals surface area contributed by atoms with Gasteiger partial charge in [0, 0.05) is 18.4 Å². The molecule has 1 unspecified atom stereocenters. The molecule has 1 aromatic heterocycles. The van der Waals surface area contributed by atoms with E-state index in [1.807, 2.05) is 30.5 Å². The Bertz CT molecular complexity index is 520. The van der Waals surface area contributed by atoms with Gasteiger partial charge in [0.1, 0.15) is 18.1 Å². The van der Waals surface area contributed by atoms with Crippen molar-refractivity contribution < 1.29 is 9.47 Å². The van der Waals surface area contributed by atoms with Gasteiger partial charge in [0.15, 0.2) is 0 Å². The van der Waals surface area contributed by atoms with Gasteiger partial charge in [-0.1, -0.05) is 6.92 Å². The van der Waals surface area contributed by atoms with Crippen molar-refractivity contribution in [2.45, 2.75) is 25.9 Å². The van der Waals surface area contributed by atoms with Crippen molar-refractivity contribution in [3.63, 3.8) is 0 Å². The summed E-state index contributed by atoms with van der Waals surface area (Å²) < 4.78 is 12.9. The zero-order valence-corrected chi connectivity index (χ0v) is 12.1. The quantitative estimate of drug-likeness (QED) is 0.844. The predicted molar refractivity (Wildman–Crippen MR) is 80.1 cm³/mol. The highest BCUT2D eigenvalue weighted by Crippen LogP contribution is 2.17. The van der Waals surface area contributed by atoms with Crippen LogP contribution in [0.15, 0.2) is 42.7 Å². The molecule has 0 spiro atoms. The molecule has 1 heterocycles. The Labute approximate surface area is 120 Å². The highest BCUT2D eigenvalue weighted by atomic mass is 16.5. The molecular weight excluding hydrogens is 252 g/mol. The standard InChI is InChI=1S/C16H22N2O2/c1-3-16(17)13-8-9-18(12-13)10-11-20-15-6-4-14(19-2)5-7-15/h4-9,12,16H,3,10-11,17H2,1-2H3. The molecule has 4 heteroatoms. The minimum Gasteiger partial charge on any atom is -0.497 e. The first kappa shape index (κ1) is 14.5. The molecule has 0 amide bonds. The highest BCUT2D eigenvalue weighted by Gasteiger charge is 2.04. The Kier molecular flexibility index (Phi) is 5.07. The third-order valence-electron chi connectivity index (χ3n) is 3.32. The van der Waals surface area contributed by atoms with Crippen LogP contribution in [0.3, 0.4) is 0 Å². The van der Waals surface area contributed by atoms with Gasteiger partial charge in [0.25, 0.3) is 0 Å². The maximum absolute atomic E-state index is 6.00. The zero-order chi connectivity index (χ0) is 14.4. The predicted octanol–water partition coefficient (Wildman–Crippen LogP) is 2.99. The molecule has 20 heavy (non-hydrogen) atoms. The van der Waals surface area contributed by atoms with E-state index < -0.39 is 0 Å². The Morgan fingerprint density at radius 2 is 1.85 bits per heavy atom. The van der Waals surface area contributed by atoms with E-state index in [0.29, 0.717) is 6.61 Å². The van der Waals surface area contributed by atoms with Crippen molar-refractivity contribution in [1.29, 1.82) is 0 Å². The summed E-state index contributed by atoms with van der Waals surface area (Å²) in [5.74, 6) is 1.68. The van der Waals surface area contributed by atoms with Crippen LogP contribution in [0.4, 0.5) is 0 Å². The first-order chi connectivity index (χ1) is 9.72. The molecule has 0 aliphatic heterocycles. The lowest BCUT2D eigenvalue weighted by Gasteiger charge is -2.08. The molecule has 2 N–H and O–H groups in total. The van der Waals surface area contributed by atoms with Gasteiger partial charge in [0.05, 0.1) is 13.7 Å². The van der Waals surface area contributed by atoms with Crippen molar-refractivity contribution >= 4 is 0 Å². The van der Waals surface area contributed by atoms with Gasteiger partial charge in [-0.3, -0.25) is 0 Å². The van der Waals surface area contributed by atoms with Crippen LogP contribution in [0.2, 0.25) is 0 Å². The van der Waals surface area contributed by atoms with Crippen LogP contribution >= 0.6 is 0 Å². The molecule has 1 atom stereocenters. The molecule has 0 saturated heterocycles. The SMILES string of the molecule is CCC(N)c1ccn(CCOc2ccc(OC)cc2)c1. The fraction of sp³-hybridized carbons (Fsp3) is 0.375. The van der Waals surface area contributed by atoms with Crippen LogP contribution in [0.5, 0.6) is 11.5 Å². The van der Waals surface area contributed by atoms with E-state index in [4.69, 9.17) is 15.2 Å². The number of rotatable bonds is 7. The van der Waals surface area contributed by atoms with Crippen LogP contribution in [-0.4, -0.2) is 18.3 Å². The summed E-state index contributed by atoms with van der Waals surface area (Å²) in [7, 11) is 1.65. The smallest absolute Gasteiger partial charge is 0.119 e. The number of benzene rings is 1. The van der Waals surface area contributed by atoms with Crippen LogP contribution in [-0.2, 0) is 6.54 Å². The second kappa shape index (κ2) is 7.01. The third-order valence-corrected chi connectivity index (χ3v) is 3.32. The van der Waals surface area contributed by atoms with Gasteiger partial charge in [-0.15, -0.1) is 0 Å². The first-order valence-electron chi connectivity index (χ1n) is 6.91. The van der Waals surface area contributed by atoms with Crippen molar-refractivity contribution in [3.8, 4) is 11.5 Å². The average Bonchev–Trinajstić information content (AvgIpc) is 2.96. The number of nitrogens with two attached hydrogens (primary N) is 1. The van der Waals surface area contributed by atoms with E-state index in [1.54, 1.807) is 7.11 Å². The first-order valence-corrected chi connectivity index (χ1v) is 6.91. The molecular formula is C16H22N2O2. The Hall–Kier alpha value is -1.94. The Morgan fingerprint density at radius 1 is 1.15 bits per heavy atom. The van der Waals surface area contributed by atoms with Crippen LogP contribution in [0, 0.1) is 0 Å². The summed E-state index contributed by atoms with van der Waals surface area (Å²) >= 11 is 0. The normalized spacial score (nSPS) is 12.2. The van der Waals surface area contributed by atoms with Crippen molar-refractivity contribution in [2.75, 3.05) is 13.7 Å². The van der Waals surface area contributed by atoms with Gasteiger partial charge in [0.2, 0.25) is 0 Å². The number of ether oxygens (including phenoxy) is 2. The molecule has 0 saturated carbocycles. The summed E-state index contributed by atoms with van der Waals surface area (Å²) in [6.45, 7) is 3.53. The lowest BCUT2D eigenvalue weighted by molar-refractivity contribution is 0.298. The van der Waals surface area contributed by atoms with E-state index in [2.05, 4.69) is 23.8 Å². The topological polar surface area (TPSA) is 49.4 Å². The minimum atomic E-state index is 0.124. The van der Waals surface area contributed by atoms with Gasteiger partial charge < -0.3 is 19.8 Å². The Morgan fingerprint density at radius 3 is 2.50 bits per heavy atom. The monoisotopic (exact) mass is 274 g/mol. The summed E-state index contributed by atoms with van der Waals surface area (Å²) in [4.78, 5) is 0. The molecule has 2 rings (SSSR count). The number of hydrogen-bond donors (Lipinski definition) is 1. The molecule has 4 nitrogen and oxygen atoms in total.